The summed E-state index contributed by atoms with van der Waals surface area (Å²) in [6.45, 7) is 0.260. The highest BCUT2D eigenvalue weighted by Crippen LogP contribution is 2.37. The molecule has 3 N–H and O–H groups in total. The van der Waals surface area contributed by atoms with Crippen LogP contribution in [0.15, 0.2) is 53.3 Å². The number of hydrogen-bond donors (Lipinski definition) is 2. The molecular weight excluding hydrogens is 340 g/mol. The first-order chi connectivity index (χ1) is 12.0. The maximum atomic E-state index is 12.2. The summed E-state index contributed by atoms with van der Waals surface area (Å²) in [4.78, 5) is 12.1. The molecule has 1 unspecified atom stereocenters. The third-order valence-corrected chi connectivity index (χ3v) is 5.60. The molecule has 7 nitrogen and oxygen atoms in total. The lowest BCUT2D eigenvalue weighted by molar-refractivity contribution is 0.339. The monoisotopic (exact) mass is 356 g/mol. The molecule has 4 rings (SSSR count). The van der Waals surface area contributed by atoms with Crippen LogP contribution in [0.2, 0.25) is 0 Å². The van der Waals surface area contributed by atoms with Gasteiger partial charge in [-0.15, -0.1) is 0 Å². The Morgan fingerprint density at radius 1 is 1.08 bits per heavy atom. The number of fused-ring (bicyclic) bond motifs is 2. The summed E-state index contributed by atoms with van der Waals surface area (Å²) in [6.07, 6.45) is 0.574. The van der Waals surface area contributed by atoms with E-state index in [0.29, 0.717) is 22.9 Å². The van der Waals surface area contributed by atoms with Crippen LogP contribution in [0.4, 0.5) is 0 Å². The molecule has 3 aromatic rings. The highest BCUT2D eigenvalue weighted by molar-refractivity contribution is 7.86. The maximum Gasteiger partial charge on any atom is 0.277 e. The number of nitrogens with one attached hydrogen (secondary N) is 1. The third kappa shape index (κ3) is 2.64. The molecular formula is C17H16N4O3S. The Labute approximate surface area is 144 Å². The molecule has 1 aromatic heterocycles. The summed E-state index contributed by atoms with van der Waals surface area (Å²) in [5, 5.41) is 13.2. The first kappa shape index (κ1) is 15.9. The molecule has 0 saturated heterocycles. The van der Waals surface area contributed by atoms with Crippen molar-refractivity contribution in [3.05, 3.63) is 75.7 Å². The van der Waals surface area contributed by atoms with Gasteiger partial charge in [0.25, 0.3) is 15.8 Å². The van der Waals surface area contributed by atoms with Crippen molar-refractivity contribution < 1.29 is 8.42 Å². The zero-order valence-corrected chi connectivity index (χ0v) is 14.0. The Morgan fingerprint density at radius 2 is 1.76 bits per heavy atom. The van der Waals surface area contributed by atoms with E-state index in [4.69, 9.17) is 5.14 Å². The van der Waals surface area contributed by atoms with Gasteiger partial charge in [-0.2, -0.15) is 17.8 Å². The second-order valence-corrected chi connectivity index (χ2v) is 7.49. The van der Waals surface area contributed by atoms with Crippen molar-refractivity contribution in [1.29, 1.82) is 0 Å². The van der Waals surface area contributed by atoms with E-state index in [-0.39, 0.29) is 12.1 Å². The number of aromatic amines is 1. The van der Waals surface area contributed by atoms with Crippen molar-refractivity contribution in [2.75, 3.05) is 6.54 Å². The van der Waals surface area contributed by atoms with Gasteiger partial charge in [0.2, 0.25) is 0 Å². The molecule has 0 amide bonds. The van der Waals surface area contributed by atoms with Gasteiger partial charge in [0, 0.05) is 11.9 Å². The predicted octanol–water partition coefficient (Wildman–Crippen LogP) is 1.07. The lowest BCUT2D eigenvalue weighted by Gasteiger charge is -2.34. The van der Waals surface area contributed by atoms with Crippen molar-refractivity contribution in [3.63, 3.8) is 0 Å². The van der Waals surface area contributed by atoms with Gasteiger partial charge >= 0.3 is 0 Å². The number of H-pyrrole nitrogens is 1. The second kappa shape index (κ2) is 5.76. The van der Waals surface area contributed by atoms with Crippen LogP contribution in [0, 0.1) is 0 Å². The quantitative estimate of drug-likeness (QED) is 0.716. The van der Waals surface area contributed by atoms with Crippen LogP contribution in [-0.4, -0.2) is 29.5 Å². The van der Waals surface area contributed by atoms with Gasteiger partial charge < -0.3 is 0 Å². The number of nitrogens with zero attached hydrogens (tertiary/aromatic N) is 2. The smallest absolute Gasteiger partial charge is 0.267 e. The van der Waals surface area contributed by atoms with E-state index in [1.807, 2.05) is 24.3 Å². The van der Waals surface area contributed by atoms with Crippen LogP contribution in [0.1, 0.15) is 22.9 Å². The van der Waals surface area contributed by atoms with Gasteiger partial charge in [-0.1, -0.05) is 42.5 Å². The molecule has 2 heterocycles. The van der Waals surface area contributed by atoms with E-state index in [1.54, 1.807) is 24.3 Å². The number of nitrogens with two attached hydrogens (primary N) is 1. The highest BCUT2D eigenvalue weighted by atomic mass is 32.2. The lowest BCUT2D eigenvalue weighted by atomic mass is 9.91. The van der Waals surface area contributed by atoms with Gasteiger partial charge in [0.15, 0.2) is 0 Å². The first-order valence-electron chi connectivity index (χ1n) is 7.81. The first-order valence-corrected chi connectivity index (χ1v) is 9.32. The van der Waals surface area contributed by atoms with E-state index in [0.717, 1.165) is 11.1 Å². The molecule has 1 aliphatic heterocycles. The van der Waals surface area contributed by atoms with Crippen molar-refractivity contribution in [2.45, 2.75) is 12.5 Å². The summed E-state index contributed by atoms with van der Waals surface area (Å²) < 4.78 is 25.6. The number of rotatable bonds is 2. The molecule has 25 heavy (non-hydrogen) atoms. The summed E-state index contributed by atoms with van der Waals surface area (Å²) in [5.74, 6) is 0. The minimum atomic E-state index is -3.94. The zero-order chi connectivity index (χ0) is 17.6. The SMILES string of the molecule is NS(=O)(=O)N1CCc2ccccc2C1c1n[nH]c(=O)c2ccccc12. The summed E-state index contributed by atoms with van der Waals surface area (Å²) in [6, 6.07) is 13.9. The lowest BCUT2D eigenvalue weighted by Crippen LogP contribution is -2.44. The molecule has 128 valence electrons. The Morgan fingerprint density at radius 3 is 2.52 bits per heavy atom. The highest BCUT2D eigenvalue weighted by Gasteiger charge is 2.36. The van der Waals surface area contributed by atoms with E-state index >= 15 is 0 Å². The van der Waals surface area contributed by atoms with E-state index in [9.17, 15) is 13.2 Å². The Kier molecular flexibility index (Phi) is 3.68. The number of benzene rings is 2. The topological polar surface area (TPSA) is 109 Å². The van der Waals surface area contributed by atoms with Gasteiger partial charge in [-0.05, 0) is 23.6 Å². The van der Waals surface area contributed by atoms with E-state index in [1.165, 1.54) is 4.31 Å². The average molecular weight is 356 g/mol. The van der Waals surface area contributed by atoms with Gasteiger partial charge in [-0.3, -0.25) is 4.79 Å². The molecule has 2 aromatic carbocycles. The van der Waals surface area contributed by atoms with Gasteiger partial charge in [0.1, 0.15) is 0 Å². The fourth-order valence-corrected chi connectivity index (χ4v) is 4.30. The zero-order valence-electron chi connectivity index (χ0n) is 13.2. The number of hydrogen-bond acceptors (Lipinski definition) is 4. The standard InChI is InChI=1S/C17H16N4O3S/c18-25(23,24)21-10-9-11-5-1-2-6-12(11)16(21)15-13-7-3-4-8-14(13)17(22)20-19-15/h1-8,16H,9-10H2,(H,20,22)(H2,18,23,24). The number of aromatic nitrogens is 2. The van der Waals surface area contributed by atoms with Crippen LogP contribution < -0.4 is 10.7 Å². The fraction of sp³-hybridized carbons (Fsp3) is 0.176. The Hall–Kier alpha value is -2.55. The van der Waals surface area contributed by atoms with Crippen LogP contribution in [-0.2, 0) is 16.6 Å². The van der Waals surface area contributed by atoms with Gasteiger partial charge in [0.05, 0.1) is 17.1 Å². The molecule has 0 aliphatic carbocycles. The van der Waals surface area contributed by atoms with Crippen LogP contribution >= 0.6 is 0 Å². The summed E-state index contributed by atoms with van der Waals surface area (Å²) in [7, 11) is -3.94. The van der Waals surface area contributed by atoms with Crippen molar-refractivity contribution in [1.82, 2.24) is 14.5 Å². The predicted molar refractivity (Wildman–Crippen MR) is 94.2 cm³/mol. The normalized spacial score (nSPS) is 18.2. The molecule has 0 radical (unpaired) electrons. The van der Waals surface area contributed by atoms with E-state index < -0.39 is 16.3 Å². The largest absolute Gasteiger partial charge is 0.277 e. The van der Waals surface area contributed by atoms with Crippen molar-refractivity contribution in [2.24, 2.45) is 5.14 Å². The van der Waals surface area contributed by atoms with Crippen LogP contribution in [0.3, 0.4) is 0 Å². The van der Waals surface area contributed by atoms with E-state index in [2.05, 4.69) is 10.2 Å². The van der Waals surface area contributed by atoms with Gasteiger partial charge in [-0.25, -0.2) is 10.2 Å². The average Bonchev–Trinajstić information content (AvgIpc) is 2.61. The molecule has 0 saturated carbocycles. The minimum absolute atomic E-state index is 0.260. The fourth-order valence-electron chi connectivity index (χ4n) is 3.45. The summed E-state index contributed by atoms with van der Waals surface area (Å²) in [5.41, 5.74) is 2.03. The molecule has 0 fully saturated rings. The van der Waals surface area contributed by atoms with Crippen molar-refractivity contribution in [3.8, 4) is 0 Å². The molecule has 0 spiro atoms. The van der Waals surface area contributed by atoms with Crippen LogP contribution in [0.5, 0.6) is 0 Å². The molecule has 1 aliphatic rings. The molecule has 1 atom stereocenters. The Bertz CT molecular complexity index is 1120. The Balaban J connectivity index is 2.04. The third-order valence-electron chi connectivity index (χ3n) is 4.55. The van der Waals surface area contributed by atoms with Crippen LogP contribution in [0.25, 0.3) is 10.8 Å². The van der Waals surface area contributed by atoms with Crippen molar-refractivity contribution >= 4 is 21.0 Å². The minimum Gasteiger partial charge on any atom is -0.267 e. The molecule has 8 heteroatoms. The maximum absolute atomic E-state index is 12.2. The molecule has 0 bridgehead atoms. The summed E-state index contributed by atoms with van der Waals surface area (Å²) >= 11 is 0. The second-order valence-electron chi connectivity index (χ2n) is 5.99.